The number of carbonyl (C=O) groups is 2. The Balaban J connectivity index is 1.67. The molecule has 1 saturated heterocycles. The summed E-state index contributed by atoms with van der Waals surface area (Å²) in [6, 6.07) is 7.02. The Morgan fingerprint density at radius 3 is 2.73 bits per heavy atom. The highest BCUT2D eigenvalue weighted by Gasteiger charge is 2.14. The maximum atomic E-state index is 12.0. The van der Waals surface area contributed by atoms with Crippen LogP contribution in [-0.4, -0.2) is 49.6 Å². The minimum atomic E-state index is -0.298. The van der Waals surface area contributed by atoms with Gasteiger partial charge >= 0.3 is 6.03 Å². The minimum Gasteiger partial charge on any atom is -0.341 e. The molecule has 0 bridgehead atoms. The first-order valence-corrected chi connectivity index (χ1v) is 8.23. The fraction of sp³-hybridized carbons (Fsp3) is 0.467. The molecule has 0 spiro atoms. The van der Waals surface area contributed by atoms with Gasteiger partial charge in [0.15, 0.2) is 0 Å². The van der Waals surface area contributed by atoms with Gasteiger partial charge in [0.25, 0.3) is 0 Å². The summed E-state index contributed by atoms with van der Waals surface area (Å²) in [6.07, 6.45) is 1.30. The molecule has 3 amide bonds. The second-order valence-corrected chi connectivity index (χ2v) is 6.04. The molecular formula is C15H21BrN4O2. The Kier molecular flexibility index (Phi) is 6.67. The first-order valence-electron chi connectivity index (χ1n) is 7.44. The van der Waals surface area contributed by atoms with E-state index in [2.05, 4.69) is 31.9 Å². The van der Waals surface area contributed by atoms with Crippen molar-refractivity contribution < 1.29 is 9.59 Å². The first kappa shape index (κ1) is 16.8. The molecule has 2 rings (SSSR count). The summed E-state index contributed by atoms with van der Waals surface area (Å²) in [4.78, 5) is 25.6. The van der Waals surface area contributed by atoms with Crippen molar-refractivity contribution in [2.45, 2.75) is 12.8 Å². The third-order valence-corrected chi connectivity index (χ3v) is 3.95. The zero-order valence-electron chi connectivity index (χ0n) is 12.4. The van der Waals surface area contributed by atoms with Crippen LogP contribution < -0.4 is 16.0 Å². The van der Waals surface area contributed by atoms with E-state index in [4.69, 9.17) is 0 Å². The van der Waals surface area contributed by atoms with E-state index in [9.17, 15) is 9.59 Å². The molecule has 0 radical (unpaired) electrons. The zero-order chi connectivity index (χ0) is 15.8. The number of benzene rings is 1. The predicted octanol–water partition coefficient (Wildman–Crippen LogP) is 1.78. The molecule has 0 saturated carbocycles. The summed E-state index contributed by atoms with van der Waals surface area (Å²) in [5, 5.41) is 8.69. The van der Waals surface area contributed by atoms with Gasteiger partial charge in [-0.15, -0.1) is 0 Å². The highest BCUT2D eigenvalue weighted by molar-refractivity contribution is 9.10. The van der Waals surface area contributed by atoms with E-state index in [0.29, 0.717) is 18.7 Å². The smallest absolute Gasteiger partial charge is 0.319 e. The van der Waals surface area contributed by atoms with Crippen LogP contribution in [-0.2, 0) is 4.79 Å². The van der Waals surface area contributed by atoms with E-state index >= 15 is 0 Å². The molecule has 0 aliphatic carbocycles. The topological polar surface area (TPSA) is 73.5 Å². The number of nitrogens with one attached hydrogen (secondary N) is 3. The van der Waals surface area contributed by atoms with Crippen LogP contribution in [0.1, 0.15) is 12.8 Å². The third-order valence-electron chi connectivity index (χ3n) is 3.42. The lowest BCUT2D eigenvalue weighted by Crippen LogP contribution is -2.37. The Bertz CT molecular complexity index is 499. The summed E-state index contributed by atoms with van der Waals surface area (Å²) in [5.74, 6) is 0.0904. The van der Waals surface area contributed by atoms with Gasteiger partial charge in [0.2, 0.25) is 5.91 Å². The molecule has 0 unspecified atom stereocenters. The SMILES string of the molecule is O=C(NCCC(=O)N1CCCNCC1)Nc1ccc(Br)cc1. The highest BCUT2D eigenvalue weighted by atomic mass is 79.9. The van der Waals surface area contributed by atoms with E-state index in [0.717, 1.165) is 37.1 Å². The van der Waals surface area contributed by atoms with Crippen molar-refractivity contribution in [1.82, 2.24) is 15.5 Å². The van der Waals surface area contributed by atoms with Crippen molar-refractivity contribution in [2.24, 2.45) is 0 Å². The molecule has 0 aromatic heterocycles. The zero-order valence-corrected chi connectivity index (χ0v) is 14.0. The van der Waals surface area contributed by atoms with Crippen LogP contribution >= 0.6 is 15.9 Å². The molecule has 1 heterocycles. The molecule has 1 aromatic rings. The summed E-state index contributed by atoms with van der Waals surface area (Å²) in [6.45, 7) is 3.66. The molecule has 22 heavy (non-hydrogen) atoms. The molecule has 7 heteroatoms. The molecule has 1 aromatic carbocycles. The van der Waals surface area contributed by atoms with Gasteiger partial charge in [-0.3, -0.25) is 4.79 Å². The summed E-state index contributed by atoms with van der Waals surface area (Å²) in [7, 11) is 0. The monoisotopic (exact) mass is 368 g/mol. The number of carbonyl (C=O) groups excluding carboxylic acids is 2. The molecule has 6 nitrogen and oxygen atoms in total. The van der Waals surface area contributed by atoms with Gasteiger partial charge in [0.1, 0.15) is 0 Å². The van der Waals surface area contributed by atoms with Crippen molar-refractivity contribution in [1.29, 1.82) is 0 Å². The summed E-state index contributed by atoms with van der Waals surface area (Å²) < 4.78 is 0.955. The summed E-state index contributed by atoms with van der Waals surface area (Å²) >= 11 is 3.34. The van der Waals surface area contributed by atoms with E-state index in [1.54, 1.807) is 12.1 Å². The molecule has 1 aliphatic heterocycles. The number of amides is 3. The highest BCUT2D eigenvalue weighted by Crippen LogP contribution is 2.13. The van der Waals surface area contributed by atoms with Crippen molar-refractivity contribution in [2.75, 3.05) is 38.0 Å². The second-order valence-electron chi connectivity index (χ2n) is 5.12. The number of anilines is 1. The fourth-order valence-electron chi connectivity index (χ4n) is 2.24. The molecule has 0 atom stereocenters. The molecular weight excluding hydrogens is 348 g/mol. The van der Waals surface area contributed by atoms with Gasteiger partial charge in [-0.2, -0.15) is 0 Å². The quantitative estimate of drug-likeness (QED) is 0.758. The van der Waals surface area contributed by atoms with Crippen LogP contribution in [0.4, 0.5) is 10.5 Å². The van der Waals surface area contributed by atoms with E-state index < -0.39 is 0 Å². The van der Waals surface area contributed by atoms with Gasteiger partial charge in [0, 0.05) is 42.8 Å². The lowest BCUT2D eigenvalue weighted by Gasteiger charge is -2.20. The van der Waals surface area contributed by atoms with Crippen molar-refractivity contribution in [3.8, 4) is 0 Å². The van der Waals surface area contributed by atoms with E-state index in [-0.39, 0.29) is 11.9 Å². The Labute approximate surface area is 138 Å². The molecule has 1 fully saturated rings. The number of hydrogen-bond donors (Lipinski definition) is 3. The lowest BCUT2D eigenvalue weighted by atomic mass is 10.3. The maximum Gasteiger partial charge on any atom is 0.319 e. The van der Waals surface area contributed by atoms with Crippen LogP contribution in [0.5, 0.6) is 0 Å². The number of halogens is 1. The van der Waals surface area contributed by atoms with Gasteiger partial charge in [0.05, 0.1) is 0 Å². The van der Waals surface area contributed by atoms with Gasteiger partial charge in [-0.05, 0) is 37.2 Å². The van der Waals surface area contributed by atoms with Gasteiger partial charge in [-0.25, -0.2) is 4.79 Å². The van der Waals surface area contributed by atoms with Gasteiger partial charge < -0.3 is 20.9 Å². The molecule has 3 N–H and O–H groups in total. The van der Waals surface area contributed by atoms with Crippen molar-refractivity contribution in [3.05, 3.63) is 28.7 Å². The number of urea groups is 1. The van der Waals surface area contributed by atoms with Crippen LogP contribution in [0.3, 0.4) is 0 Å². The van der Waals surface area contributed by atoms with Gasteiger partial charge in [-0.1, -0.05) is 15.9 Å². The fourth-order valence-corrected chi connectivity index (χ4v) is 2.51. The minimum absolute atomic E-state index is 0.0904. The van der Waals surface area contributed by atoms with Crippen LogP contribution in [0.2, 0.25) is 0 Å². The normalized spacial score (nSPS) is 15.0. The predicted molar refractivity (Wildman–Crippen MR) is 89.8 cm³/mol. The standard InChI is InChI=1S/C15H21BrN4O2/c16-12-2-4-13(5-3-12)19-15(22)18-8-6-14(21)20-10-1-7-17-9-11-20/h2-5,17H,1,6-11H2,(H2,18,19,22). The maximum absolute atomic E-state index is 12.0. The Morgan fingerprint density at radius 2 is 1.95 bits per heavy atom. The summed E-state index contributed by atoms with van der Waals surface area (Å²) in [5.41, 5.74) is 0.714. The average Bonchev–Trinajstić information content (AvgIpc) is 2.79. The van der Waals surface area contributed by atoms with Crippen molar-refractivity contribution >= 4 is 33.6 Å². The number of hydrogen-bond acceptors (Lipinski definition) is 3. The largest absolute Gasteiger partial charge is 0.341 e. The van der Waals surface area contributed by atoms with Crippen molar-refractivity contribution in [3.63, 3.8) is 0 Å². The Hall–Kier alpha value is -1.60. The number of nitrogens with zero attached hydrogens (tertiary/aromatic N) is 1. The molecule has 120 valence electrons. The van der Waals surface area contributed by atoms with Crippen LogP contribution in [0.25, 0.3) is 0 Å². The Morgan fingerprint density at radius 1 is 1.18 bits per heavy atom. The second kappa shape index (κ2) is 8.75. The van der Waals surface area contributed by atoms with Crippen LogP contribution in [0.15, 0.2) is 28.7 Å². The van der Waals surface area contributed by atoms with E-state index in [1.165, 1.54) is 0 Å². The third kappa shape index (κ3) is 5.65. The molecule has 1 aliphatic rings. The first-order chi connectivity index (χ1) is 10.6. The number of rotatable bonds is 4. The average molecular weight is 369 g/mol. The lowest BCUT2D eigenvalue weighted by molar-refractivity contribution is -0.130. The van der Waals surface area contributed by atoms with Crippen LogP contribution in [0, 0.1) is 0 Å². The van der Waals surface area contributed by atoms with E-state index in [1.807, 2.05) is 17.0 Å².